The molecule has 0 aromatic heterocycles. The van der Waals surface area contributed by atoms with Crippen molar-refractivity contribution >= 4 is 23.9 Å². The molecule has 8 heteroatoms. The molecule has 0 atom stereocenters. The minimum absolute atomic E-state index is 0.231. The van der Waals surface area contributed by atoms with Crippen molar-refractivity contribution in [3.05, 3.63) is 0 Å². The van der Waals surface area contributed by atoms with Gasteiger partial charge >= 0.3 is 17.9 Å². The zero-order valence-corrected chi connectivity index (χ0v) is 14.2. The lowest BCUT2D eigenvalue weighted by molar-refractivity contribution is -0.141. The molecule has 0 unspecified atom stereocenters. The SMILES string of the molecule is CC(=O)O.CC(C)C(=O)O.CC(C)C(=O)O.CC(C)C(=O)O. The van der Waals surface area contributed by atoms with Crippen molar-refractivity contribution in [1.82, 2.24) is 0 Å². The molecule has 0 aliphatic rings. The van der Waals surface area contributed by atoms with Crippen LogP contribution in [0.5, 0.6) is 0 Å². The molecule has 0 aromatic rings. The number of carbonyl (C=O) groups is 4. The molecule has 0 amide bonds. The smallest absolute Gasteiger partial charge is 0.305 e. The van der Waals surface area contributed by atoms with Crippen LogP contribution in [0.1, 0.15) is 48.5 Å². The van der Waals surface area contributed by atoms with Gasteiger partial charge in [0.15, 0.2) is 0 Å². The molecule has 0 fully saturated rings. The van der Waals surface area contributed by atoms with E-state index in [0.29, 0.717) is 0 Å². The van der Waals surface area contributed by atoms with E-state index >= 15 is 0 Å². The summed E-state index contributed by atoms with van der Waals surface area (Å²) in [5.74, 6) is -3.75. The number of hydrogen-bond acceptors (Lipinski definition) is 4. The maximum Gasteiger partial charge on any atom is 0.305 e. The standard InChI is InChI=1S/3C4H8O2.C2H4O2/c3*1-3(2)4(5)6;1-2(3)4/h3*3H,1-2H3,(H,5,6);1H3,(H,3,4). The van der Waals surface area contributed by atoms with E-state index in [0.717, 1.165) is 6.92 Å². The zero-order valence-electron chi connectivity index (χ0n) is 14.2. The molecule has 132 valence electrons. The fraction of sp³-hybridized carbons (Fsp3) is 0.714. The third-order valence-electron chi connectivity index (χ3n) is 1.48. The van der Waals surface area contributed by atoms with E-state index in [2.05, 4.69) is 0 Å². The van der Waals surface area contributed by atoms with E-state index in [-0.39, 0.29) is 17.8 Å². The van der Waals surface area contributed by atoms with Crippen molar-refractivity contribution in [2.24, 2.45) is 17.8 Å². The lowest BCUT2D eigenvalue weighted by Crippen LogP contribution is -2.03. The summed E-state index contributed by atoms with van der Waals surface area (Å²) >= 11 is 0. The molecule has 22 heavy (non-hydrogen) atoms. The third kappa shape index (κ3) is 52.2. The molecular formula is C14H28O8. The van der Waals surface area contributed by atoms with Crippen LogP contribution >= 0.6 is 0 Å². The fourth-order valence-electron chi connectivity index (χ4n) is 0. The summed E-state index contributed by atoms with van der Waals surface area (Å²) in [7, 11) is 0. The minimum atomic E-state index is -0.833. The molecule has 0 heterocycles. The van der Waals surface area contributed by atoms with Gasteiger partial charge in [-0.25, -0.2) is 0 Å². The van der Waals surface area contributed by atoms with Gasteiger partial charge in [0.2, 0.25) is 0 Å². The molecular weight excluding hydrogens is 296 g/mol. The van der Waals surface area contributed by atoms with Crippen molar-refractivity contribution in [2.75, 3.05) is 0 Å². The number of carboxylic acids is 4. The summed E-state index contributed by atoms with van der Waals surface area (Å²) in [6.07, 6.45) is 0. The monoisotopic (exact) mass is 324 g/mol. The molecule has 0 radical (unpaired) electrons. The second kappa shape index (κ2) is 16.9. The Kier molecular flexibility index (Phi) is 21.6. The average Bonchev–Trinajstić information content (AvgIpc) is 2.29. The van der Waals surface area contributed by atoms with Gasteiger partial charge in [-0.05, 0) is 0 Å². The highest BCUT2D eigenvalue weighted by molar-refractivity contribution is 5.69. The second-order valence-electron chi connectivity index (χ2n) is 5.00. The van der Waals surface area contributed by atoms with Gasteiger partial charge in [-0.1, -0.05) is 41.5 Å². The molecule has 0 spiro atoms. The summed E-state index contributed by atoms with van der Waals surface area (Å²) < 4.78 is 0. The van der Waals surface area contributed by atoms with Gasteiger partial charge in [-0.15, -0.1) is 0 Å². The number of rotatable bonds is 3. The van der Waals surface area contributed by atoms with Crippen molar-refractivity contribution < 1.29 is 39.6 Å². The van der Waals surface area contributed by atoms with E-state index in [1.54, 1.807) is 41.5 Å². The Bertz CT molecular complexity index is 285. The summed E-state index contributed by atoms with van der Waals surface area (Å²) in [6.45, 7) is 10.9. The Morgan fingerprint density at radius 1 is 0.545 bits per heavy atom. The first-order chi connectivity index (χ1) is 9.66. The summed E-state index contributed by atoms with van der Waals surface area (Å²) in [4.78, 5) is 38.1. The number of aliphatic carboxylic acids is 4. The Balaban J connectivity index is -0.0000000994. The molecule has 4 N–H and O–H groups in total. The van der Waals surface area contributed by atoms with Crippen molar-refractivity contribution in [3.8, 4) is 0 Å². The molecule has 0 aromatic carbocycles. The maximum absolute atomic E-state index is 9.70. The highest BCUT2D eigenvalue weighted by Gasteiger charge is 2.00. The largest absolute Gasteiger partial charge is 0.481 e. The highest BCUT2D eigenvalue weighted by atomic mass is 16.4. The first-order valence-electron chi connectivity index (χ1n) is 6.54. The van der Waals surface area contributed by atoms with Crippen LogP contribution in [0.4, 0.5) is 0 Å². The molecule has 0 bridgehead atoms. The maximum atomic E-state index is 9.70. The van der Waals surface area contributed by atoms with Crippen molar-refractivity contribution in [1.29, 1.82) is 0 Å². The van der Waals surface area contributed by atoms with Gasteiger partial charge in [0.1, 0.15) is 0 Å². The van der Waals surface area contributed by atoms with E-state index in [1.165, 1.54) is 0 Å². The van der Waals surface area contributed by atoms with Crippen LogP contribution in [0, 0.1) is 17.8 Å². The van der Waals surface area contributed by atoms with E-state index in [9.17, 15) is 14.4 Å². The first-order valence-corrected chi connectivity index (χ1v) is 6.54. The summed E-state index contributed by atoms with van der Waals surface area (Å²) in [5.41, 5.74) is 0. The molecule has 0 saturated carbocycles. The van der Waals surface area contributed by atoms with Crippen LogP contribution < -0.4 is 0 Å². The molecule has 0 saturated heterocycles. The summed E-state index contributed by atoms with van der Waals surface area (Å²) in [5, 5.41) is 31.4. The van der Waals surface area contributed by atoms with Gasteiger partial charge in [-0.2, -0.15) is 0 Å². The van der Waals surface area contributed by atoms with Crippen LogP contribution in [-0.2, 0) is 19.2 Å². The predicted octanol–water partition coefficient (Wildman–Crippen LogP) is 2.27. The van der Waals surface area contributed by atoms with Gasteiger partial charge in [0, 0.05) is 6.92 Å². The van der Waals surface area contributed by atoms with Crippen LogP contribution in [0.15, 0.2) is 0 Å². The van der Waals surface area contributed by atoms with Gasteiger partial charge in [-0.3, -0.25) is 19.2 Å². The quantitative estimate of drug-likeness (QED) is 0.617. The van der Waals surface area contributed by atoms with E-state index < -0.39 is 23.9 Å². The van der Waals surface area contributed by atoms with Crippen LogP contribution in [0.25, 0.3) is 0 Å². The second-order valence-corrected chi connectivity index (χ2v) is 5.00. The normalized spacial score (nSPS) is 8.64. The van der Waals surface area contributed by atoms with Crippen molar-refractivity contribution in [3.63, 3.8) is 0 Å². The lowest BCUT2D eigenvalue weighted by atomic mass is 10.2. The zero-order chi connectivity index (χ0) is 19.0. The summed E-state index contributed by atoms with van der Waals surface area (Å²) in [6, 6.07) is 0. The molecule has 0 rings (SSSR count). The number of hydrogen-bond donors (Lipinski definition) is 4. The average molecular weight is 324 g/mol. The number of carboxylic acid groups (broad SMARTS) is 4. The Labute approximate surface area is 130 Å². The van der Waals surface area contributed by atoms with Crippen LogP contribution in [-0.4, -0.2) is 44.3 Å². The third-order valence-corrected chi connectivity index (χ3v) is 1.48. The van der Waals surface area contributed by atoms with Crippen molar-refractivity contribution in [2.45, 2.75) is 48.5 Å². The van der Waals surface area contributed by atoms with Crippen LogP contribution in [0.2, 0.25) is 0 Å². The predicted molar refractivity (Wildman–Crippen MR) is 80.7 cm³/mol. The Hall–Kier alpha value is -2.12. The first kappa shape index (κ1) is 28.1. The van der Waals surface area contributed by atoms with Crippen LogP contribution in [0.3, 0.4) is 0 Å². The van der Waals surface area contributed by atoms with Gasteiger partial charge in [0.25, 0.3) is 5.97 Å². The topological polar surface area (TPSA) is 149 Å². The molecule has 8 nitrogen and oxygen atoms in total. The van der Waals surface area contributed by atoms with E-state index in [1.807, 2.05) is 0 Å². The molecule has 0 aliphatic carbocycles. The van der Waals surface area contributed by atoms with Gasteiger partial charge < -0.3 is 20.4 Å². The fourth-order valence-corrected chi connectivity index (χ4v) is 0. The Morgan fingerprint density at radius 2 is 0.591 bits per heavy atom. The molecule has 0 aliphatic heterocycles. The minimum Gasteiger partial charge on any atom is -0.481 e. The Morgan fingerprint density at radius 3 is 0.591 bits per heavy atom. The highest BCUT2D eigenvalue weighted by Crippen LogP contribution is 1.88. The van der Waals surface area contributed by atoms with E-state index in [4.69, 9.17) is 25.2 Å². The lowest BCUT2D eigenvalue weighted by Gasteiger charge is -1.89. The van der Waals surface area contributed by atoms with Gasteiger partial charge in [0.05, 0.1) is 17.8 Å².